The lowest BCUT2D eigenvalue weighted by Gasteiger charge is -2.11. The van der Waals surface area contributed by atoms with E-state index >= 15 is 0 Å². The van der Waals surface area contributed by atoms with E-state index in [0.29, 0.717) is 18.0 Å². The number of aromatic hydroxyl groups is 1. The van der Waals surface area contributed by atoms with Crippen LogP contribution in [0, 0.1) is 12.8 Å². The Bertz CT molecular complexity index is 393. The summed E-state index contributed by atoms with van der Waals surface area (Å²) in [4.78, 5) is 11.8. The minimum Gasteiger partial charge on any atom is -0.508 e. The second kappa shape index (κ2) is 6.64. The summed E-state index contributed by atoms with van der Waals surface area (Å²) < 4.78 is 0. The molecule has 1 unspecified atom stereocenters. The van der Waals surface area contributed by atoms with Crippen LogP contribution < -0.4 is 5.32 Å². The molecule has 1 aromatic rings. The zero-order valence-corrected chi connectivity index (χ0v) is 11.8. The van der Waals surface area contributed by atoms with Crippen molar-refractivity contribution in [1.82, 2.24) is 5.32 Å². The third kappa shape index (κ3) is 4.38. The Morgan fingerprint density at radius 3 is 2.82 bits per heavy atom. The maximum atomic E-state index is 11.8. The molecule has 1 aromatic carbocycles. The minimum atomic E-state index is -0.137. The van der Waals surface area contributed by atoms with Gasteiger partial charge in [0, 0.05) is 17.4 Å². The highest BCUT2D eigenvalue weighted by Gasteiger charge is 2.09. The number of phenols is 1. The van der Waals surface area contributed by atoms with E-state index in [1.54, 1.807) is 19.1 Å². The van der Waals surface area contributed by atoms with Gasteiger partial charge in [-0.25, -0.2) is 0 Å². The number of benzene rings is 1. The van der Waals surface area contributed by atoms with E-state index in [4.69, 9.17) is 0 Å². The first-order valence-electron chi connectivity index (χ1n) is 5.68. The summed E-state index contributed by atoms with van der Waals surface area (Å²) in [6.07, 6.45) is 1.03. The second-order valence-electron chi connectivity index (χ2n) is 4.29. The molecule has 94 valence electrons. The third-order valence-electron chi connectivity index (χ3n) is 2.68. The number of halogens is 1. The van der Waals surface area contributed by atoms with Gasteiger partial charge >= 0.3 is 0 Å². The predicted molar refractivity (Wildman–Crippen MR) is 72.8 cm³/mol. The first-order chi connectivity index (χ1) is 8.04. The van der Waals surface area contributed by atoms with Gasteiger partial charge in [0.2, 0.25) is 0 Å². The number of hydrogen-bond donors (Lipinski definition) is 2. The third-order valence-corrected chi connectivity index (χ3v) is 3.14. The van der Waals surface area contributed by atoms with E-state index < -0.39 is 0 Å². The number of carbonyl (C=O) groups excluding carboxylic acids is 1. The Hall–Kier alpha value is -1.03. The van der Waals surface area contributed by atoms with Gasteiger partial charge in [0.25, 0.3) is 5.91 Å². The van der Waals surface area contributed by atoms with Gasteiger partial charge in [-0.05, 0) is 37.0 Å². The van der Waals surface area contributed by atoms with E-state index in [1.807, 2.05) is 0 Å². The van der Waals surface area contributed by atoms with E-state index in [0.717, 1.165) is 17.3 Å². The Morgan fingerprint density at radius 2 is 2.24 bits per heavy atom. The SMILES string of the molecule is Cc1ccc(C(=O)NCC(C)CCBr)cc1O. The van der Waals surface area contributed by atoms with Gasteiger partial charge in [0.1, 0.15) is 5.75 Å². The summed E-state index contributed by atoms with van der Waals surface area (Å²) >= 11 is 3.37. The van der Waals surface area contributed by atoms with Crippen molar-refractivity contribution in [2.24, 2.45) is 5.92 Å². The van der Waals surface area contributed by atoms with Crippen LogP contribution in [0.15, 0.2) is 18.2 Å². The van der Waals surface area contributed by atoms with Crippen LogP contribution in [0.5, 0.6) is 5.75 Å². The maximum absolute atomic E-state index is 11.8. The van der Waals surface area contributed by atoms with Crippen LogP contribution in [0.3, 0.4) is 0 Å². The molecule has 0 bridgehead atoms. The molecule has 0 radical (unpaired) electrons. The molecule has 1 atom stereocenters. The van der Waals surface area contributed by atoms with Gasteiger partial charge in [-0.15, -0.1) is 0 Å². The molecule has 0 aliphatic heterocycles. The number of rotatable bonds is 5. The quantitative estimate of drug-likeness (QED) is 0.822. The smallest absolute Gasteiger partial charge is 0.251 e. The monoisotopic (exact) mass is 299 g/mol. The van der Waals surface area contributed by atoms with Crippen molar-refractivity contribution >= 4 is 21.8 Å². The van der Waals surface area contributed by atoms with Gasteiger partial charge in [-0.2, -0.15) is 0 Å². The Kier molecular flexibility index (Phi) is 5.48. The standard InChI is InChI=1S/C13H18BrNO2/c1-9(5-6-14)8-15-13(17)11-4-3-10(2)12(16)7-11/h3-4,7,9,16H,5-6,8H2,1-2H3,(H,15,17). The molecule has 2 N–H and O–H groups in total. The lowest BCUT2D eigenvalue weighted by Crippen LogP contribution is -2.28. The lowest BCUT2D eigenvalue weighted by molar-refractivity contribution is 0.0947. The van der Waals surface area contributed by atoms with Crippen LogP contribution in [-0.2, 0) is 0 Å². The van der Waals surface area contributed by atoms with Gasteiger partial charge in [0.05, 0.1) is 0 Å². The maximum Gasteiger partial charge on any atom is 0.251 e. The average molecular weight is 300 g/mol. The first-order valence-corrected chi connectivity index (χ1v) is 6.80. The topological polar surface area (TPSA) is 49.3 Å². The number of amides is 1. The van der Waals surface area contributed by atoms with Crippen LogP contribution in [0.25, 0.3) is 0 Å². The van der Waals surface area contributed by atoms with Crippen LogP contribution in [0.1, 0.15) is 29.3 Å². The molecular formula is C13H18BrNO2. The number of alkyl halides is 1. The fourth-order valence-corrected chi connectivity index (χ4v) is 2.19. The molecule has 0 aromatic heterocycles. The highest BCUT2D eigenvalue weighted by atomic mass is 79.9. The van der Waals surface area contributed by atoms with Crippen LogP contribution >= 0.6 is 15.9 Å². The highest BCUT2D eigenvalue weighted by molar-refractivity contribution is 9.09. The van der Waals surface area contributed by atoms with E-state index in [1.165, 1.54) is 6.07 Å². The fourth-order valence-electron chi connectivity index (χ4n) is 1.41. The van der Waals surface area contributed by atoms with Crippen molar-refractivity contribution in [3.63, 3.8) is 0 Å². The summed E-state index contributed by atoms with van der Waals surface area (Å²) in [5.74, 6) is 0.463. The number of hydrogen-bond acceptors (Lipinski definition) is 2. The van der Waals surface area contributed by atoms with Gasteiger partial charge in [0.15, 0.2) is 0 Å². The first kappa shape index (κ1) is 14.0. The molecule has 0 fully saturated rings. The molecule has 0 saturated carbocycles. The molecule has 0 aliphatic rings. The summed E-state index contributed by atoms with van der Waals surface area (Å²) in [5.41, 5.74) is 1.27. The van der Waals surface area contributed by atoms with Crippen molar-refractivity contribution < 1.29 is 9.90 Å². The molecule has 1 rings (SSSR count). The average Bonchev–Trinajstić information content (AvgIpc) is 2.30. The molecule has 1 amide bonds. The van der Waals surface area contributed by atoms with Gasteiger partial charge in [-0.3, -0.25) is 4.79 Å². The summed E-state index contributed by atoms with van der Waals surface area (Å²) in [7, 11) is 0. The van der Waals surface area contributed by atoms with Crippen molar-refractivity contribution in [3.05, 3.63) is 29.3 Å². The van der Waals surface area contributed by atoms with Crippen molar-refractivity contribution in [1.29, 1.82) is 0 Å². The zero-order valence-electron chi connectivity index (χ0n) is 10.2. The number of nitrogens with one attached hydrogen (secondary N) is 1. The van der Waals surface area contributed by atoms with Crippen molar-refractivity contribution in [2.45, 2.75) is 20.3 Å². The number of aryl methyl sites for hydroxylation is 1. The Labute approximate surface area is 110 Å². The minimum absolute atomic E-state index is 0.137. The van der Waals surface area contributed by atoms with Crippen molar-refractivity contribution in [3.8, 4) is 5.75 Å². The summed E-state index contributed by atoms with van der Waals surface area (Å²) in [6.45, 7) is 4.54. The predicted octanol–water partition coefficient (Wildman–Crippen LogP) is 2.85. The molecule has 0 spiro atoms. The van der Waals surface area contributed by atoms with Gasteiger partial charge in [-0.1, -0.05) is 28.9 Å². The number of carbonyl (C=O) groups is 1. The summed E-state index contributed by atoms with van der Waals surface area (Å²) in [5, 5.41) is 13.3. The molecule has 0 heterocycles. The Morgan fingerprint density at radius 1 is 1.53 bits per heavy atom. The lowest BCUT2D eigenvalue weighted by atomic mass is 10.1. The second-order valence-corrected chi connectivity index (χ2v) is 5.09. The normalized spacial score (nSPS) is 12.2. The van der Waals surface area contributed by atoms with Crippen molar-refractivity contribution in [2.75, 3.05) is 11.9 Å². The molecule has 0 aliphatic carbocycles. The van der Waals surface area contributed by atoms with Crippen LogP contribution in [0.2, 0.25) is 0 Å². The van der Waals surface area contributed by atoms with E-state index in [9.17, 15) is 9.90 Å². The van der Waals surface area contributed by atoms with E-state index in [2.05, 4.69) is 28.2 Å². The van der Waals surface area contributed by atoms with E-state index in [-0.39, 0.29) is 11.7 Å². The summed E-state index contributed by atoms with van der Waals surface area (Å²) in [6, 6.07) is 4.96. The van der Waals surface area contributed by atoms with Gasteiger partial charge < -0.3 is 10.4 Å². The largest absolute Gasteiger partial charge is 0.508 e. The molecular weight excluding hydrogens is 282 g/mol. The molecule has 17 heavy (non-hydrogen) atoms. The highest BCUT2D eigenvalue weighted by Crippen LogP contribution is 2.17. The molecule has 0 saturated heterocycles. The zero-order chi connectivity index (χ0) is 12.8. The fraction of sp³-hybridized carbons (Fsp3) is 0.462. The number of phenolic OH excluding ortho intramolecular Hbond substituents is 1. The van der Waals surface area contributed by atoms with Crippen LogP contribution in [0.4, 0.5) is 0 Å². The molecule has 3 nitrogen and oxygen atoms in total. The Balaban J connectivity index is 2.55. The van der Waals surface area contributed by atoms with Crippen LogP contribution in [-0.4, -0.2) is 22.9 Å². The molecule has 4 heteroatoms.